The Morgan fingerprint density at radius 1 is 1.35 bits per heavy atom. The number of nitrogens with one attached hydrogen (secondary N) is 1. The molecule has 0 aliphatic heterocycles. The maximum Gasteiger partial charge on any atom is 0.311 e. The first kappa shape index (κ1) is 14.8. The van der Waals surface area contributed by atoms with Gasteiger partial charge in [0.25, 0.3) is 0 Å². The summed E-state index contributed by atoms with van der Waals surface area (Å²) in [5.41, 5.74) is -0.130. The monoisotopic (exact) mass is 261 g/mol. The second-order valence-electron chi connectivity index (χ2n) is 5.77. The lowest BCUT2D eigenvalue weighted by Gasteiger charge is -2.44. The van der Waals surface area contributed by atoms with Crippen LogP contribution in [0.1, 0.15) is 53.4 Å². The summed E-state index contributed by atoms with van der Waals surface area (Å²) in [6.45, 7) is 8.67. The number of hydrogen-bond acceptors (Lipinski definition) is 3. The zero-order chi connectivity index (χ0) is 13.1. The minimum atomic E-state index is -0.304. The predicted octanol–water partition coefficient (Wildman–Crippen LogP) is 3.27. The first-order valence-electron chi connectivity index (χ1n) is 6.41. The molecule has 4 heteroatoms. The van der Waals surface area contributed by atoms with Crippen LogP contribution in [0.3, 0.4) is 0 Å². The van der Waals surface area contributed by atoms with E-state index in [-0.39, 0.29) is 22.8 Å². The molecule has 1 rings (SSSR count). The normalized spacial score (nSPS) is 35.4. The van der Waals surface area contributed by atoms with Gasteiger partial charge in [-0.25, -0.2) is 4.84 Å². The van der Waals surface area contributed by atoms with Gasteiger partial charge >= 0.3 is 5.97 Å². The van der Waals surface area contributed by atoms with Crippen molar-refractivity contribution in [2.24, 2.45) is 10.8 Å². The number of esters is 1. The van der Waals surface area contributed by atoms with Gasteiger partial charge in [-0.1, -0.05) is 6.92 Å². The lowest BCUT2D eigenvalue weighted by molar-refractivity contribution is -0.158. The van der Waals surface area contributed by atoms with E-state index in [0.29, 0.717) is 6.61 Å². The van der Waals surface area contributed by atoms with Gasteiger partial charge in [0.15, 0.2) is 0 Å². The Labute approximate surface area is 109 Å². The molecule has 0 saturated heterocycles. The van der Waals surface area contributed by atoms with E-state index in [9.17, 15) is 4.79 Å². The third kappa shape index (κ3) is 3.14. The molecule has 1 unspecified atom stereocenters. The van der Waals surface area contributed by atoms with Crippen LogP contribution in [0, 0.1) is 10.8 Å². The molecule has 0 bridgehead atoms. The number of carbonyl (C=O) groups excluding carboxylic acids is 1. The predicted molar refractivity (Wildman–Crippen MR) is 69.8 cm³/mol. The molecule has 0 heterocycles. The Balaban J connectivity index is 2.63. The summed E-state index contributed by atoms with van der Waals surface area (Å²) in [6.07, 6.45) is 3.77. The van der Waals surface area contributed by atoms with Gasteiger partial charge in [-0.05, 0) is 63.6 Å². The Kier molecular flexibility index (Phi) is 4.85. The third-order valence-electron chi connectivity index (χ3n) is 4.47. The van der Waals surface area contributed by atoms with Crippen LogP contribution in [0.25, 0.3) is 0 Å². The Hall–Kier alpha value is -0.280. The van der Waals surface area contributed by atoms with Crippen molar-refractivity contribution in [2.75, 3.05) is 6.61 Å². The summed E-state index contributed by atoms with van der Waals surface area (Å²) >= 11 is 5.72. The molecule has 17 heavy (non-hydrogen) atoms. The van der Waals surface area contributed by atoms with E-state index in [4.69, 9.17) is 16.5 Å². The summed E-state index contributed by atoms with van der Waals surface area (Å²) in [5.74, 6) is -0.0477. The van der Waals surface area contributed by atoms with Crippen molar-refractivity contribution in [1.29, 1.82) is 0 Å². The van der Waals surface area contributed by atoms with Gasteiger partial charge in [0.1, 0.15) is 0 Å². The van der Waals surface area contributed by atoms with Gasteiger partial charge in [0.05, 0.1) is 12.0 Å². The molecule has 0 spiro atoms. The SMILES string of the molecule is CCOC(=O)C1(C)CCC(C)(C(C)NCl)CC1. The summed E-state index contributed by atoms with van der Waals surface area (Å²) in [4.78, 5) is 14.7. The molecular formula is C13H24ClNO2. The van der Waals surface area contributed by atoms with Crippen LogP contribution in [-0.2, 0) is 9.53 Å². The van der Waals surface area contributed by atoms with E-state index in [1.165, 1.54) is 0 Å². The van der Waals surface area contributed by atoms with E-state index in [1.807, 2.05) is 13.8 Å². The summed E-state index contributed by atoms with van der Waals surface area (Å²) in [7, 11) is 0. The molecule has 0 amide bonds. The van der Waals surface area contributed by atoms with Crippen LogP contribution in [0.5, 0.6) is 0 Å². The Morgan fingerprint density at radius 2 is 1.88 bits per heavy atom. The van der Waals surface area contributed by atoms with Gasteiger partial charge in [-0.15, -0.1) is 0 Å². The average molecular weight is 262 g/mol. The lowest BCUT2D eigenvalue weighted by atomic mass is 9.63. The quantitative estimate of drug-likeness (QED) is 0.624. The second kappa shape index (κ2) is 5.57. The van der Waals surface area contributed by atoms with Crippen LogP contribution < -0.4 is 4.84 Å². The molecule has 1 saturated carbocycles. The summed E-state index contributed by atoms with van der Waals surface area (Å²) in [6, 6.07) is 0.260. The highest BCUT2D eigenvalue weighted by Crippen LogP contribution is 2.47. The largest absolute Gasteiger partial charge is 0.466 e. The second-order valence-corrected chi connectivity index (χ2v) is 5.98. The lowest BCUT2D eigenvalue weighted by Crippen LogP contribution is -2.44. The Bertz CT molecular complexity index is 273. The highest BCUT2D eigenvalue weighted by molar-refractivity contribution is 6.13. The van der Waals surface area contributed by atoms with Gasteiger partial charge < -0.3 is 4.74 Å². The maximum absolute atomic E-state index is 11.9. The summed E-state index contributed by atoms with van der Waals surface area (Å²) in [5, 5.41) is 0. The highest BCUT2D eigenvalue weighted by atomic mass is 35.5. The minimum absolute atomic E-state index is 0.0477. The van der Waals surface area contributed by atoms with Crippen LogP contribution in [0.15, 0.2) is 0 Å². The van der Waals surface area contributed by atoms with Gasteiger partial charge in [-0.2, -0.15) is 0 Å². The molecule has 0 aromatic rings. The smallest absolute Gasteiger partial charge is 0.311 e. The molecule has 0 aromatic carbocycles. The van der Waals surface area contributed by atoms with Gasteiger partial charge in [-0.3, -0.25) is 4.79 Å². The topological polar surface area (TPSA) is 38.3 Å². The Morgan fingerprint density at radius 3 is 2.29 bits per heavy atom. The summed E-state index contributed by atoms with van der Waals surface area (Å²) < 4.78 is 5.16. The van der Waals surface area contributed by atoms with Crippen molar-refractivity contribution in [2.45, 2.75) is 59.4 Å². The average Bonchev–Trinajstić information content (AvgIpc) is 2.32. The van der Waals surface area contributed by atoms with Crippen molar-refractivity contribution in [3.05, 3.63) is 0 Å². The fourth-order valence-electron chi connectivity index (χ4n) is 2.45. The van der Waals surface area contributed by atoms with Crippen molar-refractivity contribution in [3.8, 4) is 0 Å². The minimum Gasteiger partial charge on any atom is -0.466 e. The van der Waals surface area contributed by atoms with Crippen molar-refractivity contribution in [1.82, 2.24) is 4.84 Å². The van der Waals surface area contributed by atoms with E-state index in [0.717, 1.165) is 25.7 Å². The molecule has 1 atom stereocenters. The number of ether oxygens (including phenoxy) is 1. The van der Waals surface area contributed by atoms with Gasteiger partial charge in [0, 0.05) is 6.04 Å². The van der Waals surface area contributed by atoms with Gasteiger partial charge in [0.2, 0.25) is 0 Å². The highest BCUT2D eigenvalue weighted by Gasteiger charge is 2.44. The first-order chi connectivity index (χ1) is 7.88. The molecule has 3 nitrogen and oxygen atoms in total. The standard InChI is InChI=1S/C13H24ClNO2/c1-5-17-11(16)13(4)8-6-12(3,7-9-13)10(2)15-14/h10,15H,5-9H2,1-4H3. The zero-order valence-corrected chi connectivity index (χ0v) is 12.1. The molecule has 1 N–H and O–H groups in total. The van der Waals surface area contributed by atoms with E-state index in [1.54, 1.807) is 0 Å². The van der Waals surface area contributed by atoms with E-state index < -0.39 is 0 Å². The first-order valence-corrected chi connectivity index (χ1v) is 6.79. The molecule has 0 aromatic heterocycles. The molecule has 0 radical (unpaired) electrons. The van der Waals surface area contributed by atoms with Crippen molar-refractivity contribution < 1.29 is 9.53 Å². The van der Waals surface area contributed by atoms with Crippen LogP contribution in [-0.4, -0.2) is 18.6 Å². The number of hydrogen-bond donors (Lipinski definition) is 1. The number of halogens is 1. The molecule has 1 aliphatic rings. The van der Waals surface area contributed by atoms with Crippen LogP contribution in [0.4, 0.5) is 0 Å². The van der Waals surface area contributed by atoms with Crippen LogP contribution in [0.2, 0.25) is 0 Å². The van der Waals surface area contributed by atoms with E-state index >= 15 is 0 Å². The van der Waals surface area contributed by atoms with Crippen molar-refractivity contribution in [3.63, 3.8) is 0 Å². The third-order valence-corrected chi connectivity index (χ3v) is 4.80. The number of rotatable bonds is 4. The van der Waals surface area contributed by atoms with Crippen molar-refractivity contribution >= 4 is 17.7 Å². The fourth-order valence-corrected chi connectivity index (χ4v) is 2.71. The molecule has 1 aliphatic carbocycles. The number of carbonyl (C=O) groups is 1. The molecular weight excluding hydrogens is 238 g/mol. The van der Waals surface area contributed by atoms with E-state index in [2.05, 4.69) is 18.7 Å². The zero-order valence-electron chi connectivity index (χ0n) is 11.3. The van der Waals surface area contributed by atoms with Crippen LogP contribution >= 0.6 is 11.8 Å². The fraction of sp³-hybridized carbons (Fsp3) is 0.923. The maximum atomic E-state index is 11.9. The molecule has 1 fully saturated rings. The molecule has 100 valence electrons.